The summed E-state index contributed by atoms with van der Waals surface area (Å²) in [6.07, 6.45) is 1.04. The lowest BCUT2D eigenvalue weighted by Crippen LogP contribution is -2.29. The number of ketones is 1. The van der Waals surface area contributed by atoms with E-state index in [-0.39, 0.29) is 12.1 Å². The molecule has 2 aromatic heterocycles. The smallest absolute Gasteiger partial charge is 0.136 e. The SMILES string of the molecule is CN(Cc1ccccc1)C(CC(=O)CC(c1cccs1)N(C)Cc1ccccc1)c1cccs1. The van der Waals surface area contributed by atoms with Crippen LogP contribution in [0.5, 0.6) is 0 Å². The topological polar surface area (TPSA) is 23.6 Å². The van der Waals surface area contributed by atoms with Gasteiger partial charge in [-0.05, 0) is 48.1 Å². The number of Topliss-reactive ketones (excluding diaryl/α,β-unsaturated/α-hetero) is 1. The molecule has 2 unspecified atom stereocenters. The van der Waals surface area contributed by atoms with Crippen molar-refractivity contribution in [3.63, 3.8) is 0 Å². The highest BCUT2D eigenvalue weighted by atomic mass is 32.1. The van der Waals surface area contributed by atoms with Crippen LogP contribution in [0, 0.1) is 0 Å². The fraction of sp³-hybridized carbons (Fsp3) is 0.276. The Balaban J connectivity index is 1.48. The Labute approximate surface area is 211 Å². The Bertz CT molecular complexity index is 1020. The average Bonchev–Trinajstić information content (AvgIpc) is 3.57. The molecule has 0 saturated heterocycles. The predicted octanol–water partition coefficient (Wildman–Crippen LogP) is 7.21. The van der Waals surface area contributed by atoms with Gasteiger partial charge in [0.1, 0.15) is 5.78 Å². The lowest BCUT2D eigenvalue weighted by molar-refractivity contribution is -0.121. The molecule has 5 heteroatoms. The molecule has 0 aliphatic heterocycles. The summed E-state index contributed by atoms with van der Waals surface area (Å²) in [6.45, 7) is 1.64. The summed E-state index contributed by atoms with van der Waals surface area (Å²) < 4.78 is 0. The summed E-state index contributed by atoms with van der Waals surface area (Å²) in [4.78, 5) is 20.6. The number of carbonyl (C=O) groups excluding carboxylic acids is 1. The highest BCUT2D eigenvalue weighted by Gasteiger charge is 2.26. The van der Waals surface area contributed by atoms with E-state index in [9.17, 15) is 4.79 Å². The van der Waals surface area contributed by atoms with Gasteiger partial charge in [-0.1, -0.05) is 72.8 Å². The van der Waals surface area contributed by atoms with Gasteiger partial charge in [0.25, 0.3) is 0 Å². The zero-order valence-electron chi connectivity index (χ0n) is 19.8. The number of carbonyl (C=O) groups is 1. The van der Waals surface area contributed by atoms with Crippen molar-refractivity contribution in [3.8, 4) is 0 Å². The Morgan fingerprint density at radius 2 is 1.06 bits per heavy atom. The molecule has 3 nitrogen and oxygen atoms in total. The lowest BCUT2D eigenvalue weighted by Gasteiger charge is -2.30. The van der Waals surface area contributed by atoms with Crippen molar-refractivity contribution in [2.75, 3.05) is 14.1 Å². The standard InChI is InChI=1S/C29H32N2OS2/c1-30(21-23-11-5-3-6-12-23)26(28-15-9-17-33-28)19-25(32)20-27(29-16-10-18-34-29)31(2)22-24-13-7-4-8-14-24/h3-18,26-27H,19-22H2,1-2H3. The molecule has 2 atom stereocenters. The second kappa shape index (κ2) is 12.2. The highest BCUT2D eigenvalue weighted by Crippen LogP contribution is 2.33. The van der Waals surface area contributed by atoms with E-state index in [0.29, 0.717) is 18.6 Å². The molecule has 0 bridgehead atoms. The molecule has 0 aliphatic rings. The van der Waals surface area contributed by atoms with Gasteiger partial charge in [0.15, 0.2) is 0 Å². The van der Waals surface area contributed by atoms with Crippen molar-refractivity contribution in [1.82, 2.24) is 9.80 Å². The normalized spacial score (nSPS) is 13.3. The summed E-state index contributed by atoms with van der Waals surface area (Å²) in [5.41, 5.74) is 2.52. The van der Waals surface area contributed by atoms with Gasteiger partial charge in [-0.3, -0.25) is 14.6 Å². The zero-order chi connectivity index (χ0) is 23.8. The molecule has 0 spiro atoms. The predicted molar refractivity (Wildman–Crippen MR) is 144 cm³/mol. The summed E-state index contributed by atoms with van der Waals surface area (Å²) in [7, 11) is 4.26. The third-order valence-corrected chi connectivity index (χ3v) is 8.15. The maximum absolute atomic E-state index is 13.5. The van der Waals surface area contributed by atoms with Gasteiger partial charge < -0.3 is 0 Å². The third-order valence-electron chi connectivity index (χ3n) is 6.20. The van der Waals surface area contributed by atoms with Crippen LogP contribution in [0.2, 0.25) is 0 Å². The lowest BCUT2D eigenvalue weighted by atomic mass is 9.99. The third kappa shape index (κ3) is 6.73. The number of nitrogens with zero attached hydrogens (tertiary/aromatic N) is 2. The quantitative estimate of drug-likeness (QED) is 0.211. The molecule has 0 aliphatic carbocycles. The molecule has 2 heterocycles. The van der Waals surface area contributed by atoms with Crippen molar-refractivity contribution in [2.45, 2.75) is 38.0 Å². The highest BCUT2D eigenvalue weighted by molar-refractivity contribution is 7.10. The van der Waals surface area contributed by atoms with Crippen LogP contribution in [0.25, 0.3) is 0 Å². The first-order valence-corrected chi connectivity index (χ1v) is 13.4. The summed E-state index contributed by atoms with van der Waals surface area (Å²) >= 11 is 3.47. The van der Waals surface area contributed by atoms with Gasteiger partial charge in [0.2, 0.25) is 0 Å². The first-order valence-electron chi connectivity index (χ1n) is 11.7. The minimum Gasteiger partial charge on any atom is -0.300 e. The molecule has 0 radical (unpaired) electrons. The monoisotopic (exact) mass is 488 g/mol. The van der Waals surface area contributed by atoms with Crippen molar-refractivity contribution in [1.29, 1.82) is 0 Å². The van der Waals surface area contributed by atoms with Crippen molar-refractivity contribution < 1.29 is 4.79 Å². The Morgan fingerprint density at radius 1 is 0.647 bits per heavy atom. The van der Waals surface area contributed by atoms with Gasteiger partial charge in [0.05, 0.1) is 12.1 Å². The van der Waals surface area contributed by atoms with Crippen LogP contribution in [-0.4, -0.2) is 29.7 Å². The van der Waals surface area contributed by atoms with Crippen LogP contribution in [0.15, 0.2) is 95.7 Å². The van der Waals surface area contributed by atoms with Gasteiger partial charge >= 0.3 is 0 Å². The van der Waals surface area contributed by atoms with E-state index in [1.165, 1.54) is 20.9 Å². The van der Waals surface area contributed by atoms with Crippen molar-refractivity contribution in [2.24, 2.45) is 0 Å². The van der Waals surface area contributed by atoms with Crippen LogP contribution >= 0.6 is 22.7 Å². The molecular formula is C29H32N2OS2. The van der Waals surface area contributed by atoms with Crippen molar-refractivity contribution in [3.05, 3.63) is 117 Å². The number of rotatable bonds is 12. The van der Waals surface area contributed by atoms with Gasteiger partial charge in [-0.2, -0.15) is 0 Å². The van der Waals surface area contributed by atoms with Crippen LogP contribution in [0.1, 0.15) is 45.8 Å². The molecule has 0 saturated carbocycles. The average molecular weight is 489 g/mol. The molecule has 2 aromatic carbocycles. The minimum absolute atomic E-state index is 0.0797. The summed E-state index contributed by atoms with van der Waals surface area (Å²) in [5, 5.41) is 4.20. The maximum atomic E-state index is 13.5. The van der Waals surface area contributed by atoms with Gasteiger partial charge in [-0.15, -0.1) is 22.7 Å². The number of benzene rings is 2. The Hall–Kier alpha value is -2.57. The van der Waals surface area contributed by atoms with E-state index in [2.05, 4.69) is 107 Å². The molecule has 4 rings (SSSR count). The zero-order valence-corrected chi connectivity index (χ0v) is 21.5. The molecule has 176 valence electrons. The Morgan fingerprint density at radius 3 is 1.41 bits per heavy atom. The first-order chi connectivity index (χ1) is 16.6. The number of hydrogen-bond acceptors (Lipinski definition) is 5. The number of hydrogen-bond donors (Lipinski definition) is 0. The fourth-order valence-corrected chi connectivity index (χ4v) is 6.17. The Kier molecular flexibility index (Phi) is 8.83. The number of thiophene rings is 2. The molecule has 0 amide bonds. The molecule has 4 aromatic rings. The van der Waals surface area contributed by atoms with E-state index in [1.54, 1.807) is 22.7 Å². The largest absolute Gasteiger partial charge is 0.300 e. The second-order valence-corrected chi connectivity index (χ2v) is 10.8. The van der Waals surface area contributed by atoms with Crippen LogP contribution in [-0.2, 0) is 17.9 Å². The first kappa shape index (κ1) is 24.6. The van der Waals surface area contributed by atoms with Crippen molar-refractivity contribution >= 4 is 28.5 Å². The van der Waals surface area contributed by atoms with E-state index in [4.69, 9.17) is 0 Å². The summed E-state index contributed by atoms with van der Waals surface area (Å²) in [6, 6.07) is 29.6. The molecule has 0 N–H and O–H groups in total. The van der Waals surface area contributed by atoms with E-state index in [0.717, 1.165) is 13.1 Å². The van der Waals surface area contributed by atoms with E-state index in [1.807, 2.05) is 12.1 Å². The molecular weight excluding hydrogens is 456 g/mol. The summed E-state index contributed by atoms with van der Waals surface area (Å²) in [5.74, 6) is 0.302. The van der Waals surface area contributed by atoms with Crippen LogP contribution < -0.4 is 0 Å². The minimum atomic E-state index is 0.0797. The van der Waals surface area contributed by atoms with Gasteiger partial charge in [-0.25, -0.2) is 0 Å². The fourth-order valence-electron chi connectivity index (χ4n) is 4.39. The second-order valence-electron chi connectivity index (χ2n) is 8.81. The van der Waals surface area contributed by atoms with Crippen LogP contribution in [0.3, 0.4) is 0 Å². The van der Waals surface area contributed by atoms with Gasteiger partial charge in [0, 0.05) is 35.7 Å². The molecule has 0 fully saturated rings. The van der Waals surface area contributed by atoms with E-state index >= 15 is 0 Å². The van der Waals surface area contributed by atoms with Crippen LogP contribution in [0.4, 0.5) is 0 Å². The van der Waals surface area contributed by atoms with E-state index < -0.39 is 0 Å². The maximum Gasteiger partial charge on any atom is 0.136 e. The molecule has 34 heavy (non-hydrogen) atoms.